The molecule has 0 spiro atoms. The van der Waals surface area contributed by atoms with Crippen molar-refractivity contribution in [2.45, 2.75) is 6.92 Å². The van der Waals surface area contributed by atoms with E-state index in [2.05, 4.69) is 15.5 Å². The van der Waals surface area contributed by atoms with Crippen molar-refractivity contribution in [3.8, 4) is 0 Å². The lowest BCUT2D eigenvalue weighted by molar-refractivity contribution is 0.102. The Balaban J connectivity index is 0.00000288. The van der Waals surface area contributed by atoms with E-state index in [1.807, 2.05) is 12.1 Å². The van der Waals surface area contributed by atoms with Gasteiger partial charge in [-0.15, -0.1) is 29.9 Å². The molecule has 25 heavy (non-hydrogen) atoms. The molecule has 134 valence electrons. The summed E-state index contributed by atoms with van der Waals surface area (Å²) in [4.78, 5) is 12.2. The van der Waals surface area contributed by atoms with Crippen LogP contribution in [0, 0.1) is 0 Å². The monoisotopic (exact) mass is 382 g/mol. The van der Waals surface area contributed by atoms with Crippen LogP contribution < -0.4 is 22.5 Å². The molecule has 0 saturated heterocycles. The Morgan fingerprint density at radius 3 is 2.20 bits per heavy atom. The summed E-state index contributed by atoms with van der Waals surface area (Å²) in [5.41, 5.74) is 19.3. The first-order valence-electron chi connectivity index (χ1n) is 6.86. The number of halogens is 2. The van der Waals surface area contributed by atoms with E-state index in [0.717, 1.165) is 5.56 Å². The first-order chi connectivity index (χ1) is 11.0. The maximum absolute atomic E-state index is 12.2. The standard InChI is InChI=1S/C16H18N6O.2ClH/c1-10(21-22-16(18)19)12-3-2-4-14(9-12)20-15(23)11-5-7-13(17)8-6-11;;/h2-9H,17H2,1H3,(H,20,23)(H4,18,19,22);2*1H/b21-10-;;. The van der Waals surface area contributed by atoms with Gasteiger partial charge in [0.25, 0.3) is 5.91 Å². The number of benzene rings is 2. The van der Waals surface area contributed by atoms with Crippen LogP contribution in [0.2, 0.25) is 0 Å². The van der Waals surface area contributed by atoms with Crippen molar-refractivity contribution in [2.24, 2.45) is 21.7 Å². The quantitative estimate of drug-likeness (QED) is 0.279. The Kier molecular flexibility index (Phi) is 9.04. The number of nitrogen functional groups attached to an aromatic ring is 1. The molecule has 7 N–H and O–H groups in total. The zero-order valence-electron chi connectivity index (χ0n) is 13.5. The smallest absolute Gasteiger partial charge is 0.255 e. The van der Waals surface area contributed by atoms with Crippen molar-refractivity contribution in [1.29, 1.82) is 0 Å². The van der Waals surface area contributed by atoms with E-state index in [9.17, 15) is 4.79 Å². The summed E-state index contributed by atoms with van der Waals surface area (Å²) in [6.45, 7) is 1.77. The summed E-state index contributed by atoms with van der Waals surface area (Å²) in [5, 5.41) is 10.3. The van der Waals surface area contributed by atoms with Crippen LogP contribution in [0.1, 0.15) is 22.8 Å². The number of amides is 1. The third kappa shape index (κ3) is 6.70. The van der Waals surface area contributed by atoms with Gasteiger partial charge in [-0.2, -0.15) is 5.10 Å². The van der Waals surface area contributed by atoms with Gasteiger partial charge in [0.05, 0.1) is 5.71 Å². The summed E-state index contributed by atoms with van der Waals surface area (Å²) in [7, 11) is 0. The Labute approximate surface area is 158 Å². The molecule has 0 aromatic heterocycles. The SMILES string of the molecule is C/C(=N/N=C(N)N)c1cccc(NC(=O)c2ccc(N)cc2)c1.Cl.Cl. The number of hydrogen-bond donors (Lipinski definition) is 4. The molecule has 1 amide bonds. The molecule has 9 heteroatoms. The number of anilines is 2. The fraction of sp³-hybridized carbons (Fsp3) is 0.0625. The van der Waals surface area contributed by atoms with Gasteiger partial charge in [0, 0.05) is 16.9 Å². The van der Waals surface area contributed by atoms with Crippen LogP contribution in [0.25, 0.3) is 0 Å². The number of nitrogens with two attached hydrogens (primary N) is 3. The number of carbonyl (C=O) groups excluding carboxylic acids is 1. The first-order valence-corrected chi connectivity index (χ1v) is 6.86. The van der Waals surface area contributed by atoms with E-state index in [1.54, 1.807) is 43.3 Å². The largest absolute Gasteiger partial charge is 0.399 e. The molecule has 0 fully saturated rings. The highest BCUT2D eigenvalue weighted by molar-refractivity contribution is 6.05. The molecule has 0 heterocycles. The molecular formula is C16H20Cl2N6O. The molecule has 0 saturated carbocycles. The van der Waals surface area contributed by atoms with Gasteiger partial charge in [-0.1, -0.05) is 12.1 Å². The van der Waals surface area contributed by atoms with E-state index in [-0.39, 0.29) is 36.7 Å². The summed E-state index contributed by atoms with van der Waals surface area (Å²) in [6, 6.07) is 13.9. The Hall–Kier alpha value is -2.77. The number of rotatable bonds is 4. The topological polar surface area (TPSA) is 132 Å². The molecule has 7 nitrogen and oxygen atoms in total. The number of carbonyl (C=O) groups is 1. The summed E-state index contributed by atoms with van der Waals surface area (Å²) in [5.74, 6) is -0.335. The van der Waals surface area contributed by atoms with Crippen molar-refractivity contribution in [3.63, 3.8) is 0 Å². The van der Waals surface area contributed by atoms with Crippen molar-refractivity contribution in [3.05, 3.63) is 59.7 Å². The summed E-state index contributed by atoms with van der Waals surface area (Å²) < 4.78 is 0. The van der Waals surface area contributed by atoms with E-state index in [1.165, 1.54) is 0 Å². The number of nitrogens with zero attached hydrogens (tertiary/aromatic N) is 2. The highest BCUT2D eigenvalue weighted by Gasteiger charge is 2.07. The third-order valence-corrected chi connectivity index (χ3v) is 3.03. The van der Waals surface area contributed by atoms with Crippen LogP contribution in [0.4, 0.5) is 11.4 Å². The third-order valence-electron chi connectivity index (χ3n) is 3.03. The van der Waals surface area contributed by atoms with E-state index >= 15 is 0 Å². The molecular weight excluding hydrogens is 363 g/mol. The molecule has 0 aliphatic heterocycles. The van der Waals surface area contributed by atoms with Gasteiger partial charge in [-0.25, -0.2) is 0 Å². The number of guanidine groups is 1. The average Bonchev–Trinajstić information content (AvgIpc) is 2.53. The molecule has 0 unspecified atom stereocenters. The van der Waals surface area contributed by atoms with Crippen molar-refractivity contribution < 1.29 is 4.79 Å². The molecule has 0 radical (unpaired) electrons. The van der Waals surface area contributed by atoms with Gasteiger partial charge in [0.2, 0.25) is 5.96 Å². The van der Waals surface area contributed by atoms with Crippen LogP contribution in [-0.2, 0) is 0 Å². The van der Waals surface area contributed by atoms with E-state index < -0.39 is 0 Å². The van der Waals surface area contributed by atoms with Gasteiger partial charge < -0.3 is 22.5 Å². The van der Waals surface area contributed by atoms with E-state index in [0.29, 0.717) is 22.6 Å². The second-order valence-electron chi connectivity index (χ2n) is 4.87. The molecule has 2 rings (SSSR count). The molecule has 2 aromatic rings. The van der Waals surface area contributed by atoms with Crippen molar-refractivity contribution in [2.75, 3.05) is 11.1 Å². The molecule has 0 bridgehead atoms. The zero-order chi connectivity index (χ0) is 16.8. The lowest BCUT2D eigenvalue weighted by atomic mass is 10.1. The molecule has 0 atom stereocenters. The number of hydrogen-bond acceptors (Lipinski definition) is 4. The normalized spacial score (nSPS) is 10.0. The lowest BCUT2D eigenvalue weighted by Crippen LogP contribution is -2.22. The van der Waals surface area contributed by atoms with Gasteiger partial charge in [0.1, 0.15) is 0 Å². The summed E-state index contributed by atoms with van der Waals surface area (Å²) >= 11 is 0. The maximum Gasteiger partial charge on any atom is 0.255 e. The minimum atomic E-state index is -0.221. The predicted molar refractivity (Wildman–Crippen MR) is 108 cm³/mol. The van der Waals surface area contributed by atoms with Crippen LogP contribution in [-0.4, -0.2) is 17.6 Å². The van der Waals surface area contributed by atoms with Crippen LogP contribution in [0.5, 0.6) is 0 Å². The fourth-order valence-electron chi connectivity index (χ4n) is 1.85. The molecule has 0 aliphatic carbocycles. The van der Waals surface area contributed by atoms with Gasteiger partial charge in [-0.05, 0) is 48.9 Å². The second-order valence-corrected chi connectivity index (χ2v) is 4.87. The Morgan fingerprint density at radius 1 is 0.960 bits per heavy atom. The maximum atomic E-state index is 12.2. The van der Waals surface area contributed by atoms with Crippen LogP contribution >= 0.6 is 24.8 Å². The lowest BCUT2D eigenvalue weighted by Gasteiger charge is -2.07. The Bertz CT molecular complexity index is 770. The van der Waals surface area contributed by atoms with Crippen molar-refractivity contribution in [1.82, 2.24) is 0 Å². The van der Waals surface area contributed by atoms with Gasteiger partial charge in [-0.3, -0.25) is 4.79 Å². The highest BCUT2D eigenvalue weighted by Crippen LogP contribution is 2.14. The predicted octanol–water partition coefficient (Wildman–Crippen LogP) is 2.36. The highest BCUT2D eigenvalue weighted by atomic mass is 35.5. The first kappa shape index (κ1) is 22.2. The molecule has 2 aromatic carbocycles. The van der Waals surface area contributed by atoms with E-state index in [4.69, 9.17) is 17.2 Å². The minimum Gasteiger partial charge on any atom is -0.399 e. The Morgan fingerprint density at radius 2 is 1.60 bits per heavy atom. The number of nitrogens with one attached hydrogen (secondary N) is 1. The van der Waals surface area contributed by atoms with Crippen LogP contribution in [0.15, 0.2) is 58.7 Å². The van der Waals surface area contributed by atoms with Gasteiger partial charge in [0.15, 0.2) is 0 Å². The molecule has 0 aliphatic rings. The van der Waals surface area contributed by atoms with Gasteiger partial charge >= 0.3 is 0 Å². The minimum absolute atomic E-state index is 0. The summed E-state index contributed by atoms with van der Waals surface area (Å²) in [6.07, 6.45) is 0. The average molecular weight is 383 g/mol. The second kappa shape index (κ2) is 10.2. The fourth-order valence-corrected chi connectivity index (χ4v) is 1.85. The zero-order valence-corrected chi connectivity index (χ0v) is 15.1. The van der Waals surface area contributed by atoms with Crippen LogP contribution in [0.3, 0.4) is 0 Å². The van der Waals surface area contributed by atoms with Crippen molar-refractivity contribution >= 4 is 53.8 Å².